The summed E-state index contributed by atoms with van der Waals surface area (Å²) in [6, 6.07) is 6.75. The summed E-state index contributed by atoms with van der Waals surface area (Å²) in [6.45, 7) is -0.526. The van der Waals surface area contributed by atoms with Gasteiger partial charge < -0.3 is 10.5 Å². The van der Waals surface area contributed by atoms with Crippen LogP contribution in [0.3, 0.4) is 0 Å². The van der Waals surface area contributed by atoms with Crippen molar-refractivity contribution in [3.05, 3.63) is 35.4 Å². The summed E-state index contributed by atoms with van der Waals surface area (Å²) in [7, 11) is 0. The fraction of sp³-hybridized carbons (Fsp3) is 0.385. The minimum atomic E-state index is -0.549. The number of nitrogens with two attached hydrogens (primary N) is 1. The first kappa shape index (κ1) is 17.5. The van der Waals surface area contributed by atoms with Crippen molar-refractivity contribution in [3.63, 3.8) is 0 Å². The van der Waals surface area contributed by atoms with Crippen LogP contribution in [0.5, 0.6) is 0 Å². The van der Waals surface area contributed by atoms with Gasteiger partial charge in [0.15, 0.2) is 0 Å². The molecule has 0 atom stereocenters. The number of rotatable bonds is 7. The van der Waals surface area contributed by atoms with Crippen molar-refractivity contribution >= 4 is 24.2 Å². The van der Waals surface area contributed by atoms with Crippen molar-refractivity contribution < 1.29 is 18.7 Å². The van der Waals surface area contributed by atoms with E-state index in [0.717, 1.165) is 5.56 Å². The summed E-state index contributed by atoms with van der Waals surface area (Å²) in [5, 5.41) is 0. The molecule has 19 heavy (non-hydrogen) atoms. The number of benzene rings is 1. The minimum absolute atomic E-state index is 0. The predicted molar refractivity (Wildman–Crippen MR) is 71.6 cm³/mol. The Morgan fingerprint density at radius 2 is 1.89 bits per heavy atom. The monoisotopic (exact) mass is 289 g/mol. The van der Waals surface area contributed by atoms with Gasteiger partial charge in [0.1, 0.15) is 19.1 Å². The smallest absolute Gasteiger partial charge is 0.306 e. The topological polar surface area (TPSA) is 69.4 Å². The molecule has 0 aliphatic rings. The Kier molecular flexibility index (Phi) is 8.74. The zero-order chi connectivity index (χ0) is 13.4. The maximum atomic E-state index is 12.4. The molecule has 0 bridgehead atoms. The molecule has 0 fully saturated rings. The Labute approximate surface area is 117 Å². The van der Waals surface area contributed by atoms with E-state index in [1.54, 1.807) is 24.3 Å². The fourth-order valence-electron chi connectivity index (χ4n) is 1.38. The standard InChI is InChI=1S/C13H16FNO3.ClH/c14-7-10-2-1-3-11(6-10)9-18-13(17)5-4-12(16)8-15;/h1-3,6H,4-5,7-9,15H2;1H. The largest absolute Gasteiger partial charge is 0.461 e. The lowest BCUT2D eigenvalue weighted by molar-refractivity contribution is -0.146. The van der Waals surface area contributed by atoms with E-state index in [1.807, 2.05) is 0 Å². The number of Topliss-reactive ketones (excluding diaryl/α,β-unsaturated/α-hetero) is 1. The molecule has 0 aliphatic heterocycles. The highest BCUT2D eigenvalue weighted by Crippen LogP contribution is 2.08. The lowest BCUT2D eigenvalue weighted by atomic mass is 10.1. The van der Waals surface area contributed by atoms with Crippen LogP contribution in [0.2, 0.25) is 0 Å². The Morgan fingerprint density at radius 1 is 1.21 bits per heavy atom. The Bertz CT molecular complexity index is 426. The van der Waals surface area contributed by atoms with Gasteiger partial charge in [-0.3, -0.25) is 9.59 Å². The second kappa shape index (κ2) is 9.47. The molecule has 0 radical (unpaired) electrons. The number of carbonyl (C=O) groups is 2. The second-order valence-corrected chi connectivity index (χ2v) is 3.86. The number of esters is 1. The van der Waals surface area contributed by atoms with Gasteiger partial charge in [0, 0.05) is 6.42 Å². The number of hydrogen-bond acceptors (Lipinski definition) is 4. The van der Waals surface area contributed by atoms with Crippen LogP contribution in [0.15, 0.2) is 24.3 Å². The molecule has 0 amide bonds. The van der Waals surface area contributed by atoms with E-state index in [0.29, 0.717) is 5.56 Å². The van der Waals surface area contributed by atoms with E-state index in [-0.39, 0.29) is 44.2 Å². The fourth-order valence-corrected chi connectivity index (χ4v) is 1.38. The molecule has 0 aliphatic carbocycles. The van der Waals surface area contributed by atoms with Crippen LogP contribution in [-0.4, -0.2) is 18.3 Å². The number of halogens is 2. The Morgan fingerprint density at radius 3 is 2.53 bits per heavy atom. The van der Waals surface area contributed by atoms with Crippen LogP contribution in [0.4, 0.5) is 4.39 Å². The first-order valence-corrected chi connectivity index (χ1v) is 5.67. The van der Waals surface area contributed by atoms with Crippen LogP contribution in [0, 0.1) is 0 Å². The summed E-state index contributed by atoms with van der Waals surface area (Å²) in [5.74, 6) is -0.631. The zero-order valence-corrected chi connectivity index (χ0v) is 11.2. The average Bonchev–Trinajstić information content (AvgIpc) is 2.42. The summed E-state index contributed by atoms with van der Waals surface area (Å²) in [5.41, 5.74) is 6.39. The second-order valence-electron chi connectivity index (χ2n) is 3.86. The summed E-state index contributed by atoms with van der Waals surface area (Å²) < 4.78 is 17.4. The first-order valence-electron chi connectivity index (χ1n) is 5.67. The van der Waals surface area contributed by atoms with Crippen molar-refractivity contribution in [2.24, 2.45) is 5.73 Å². The zero-order valence-electron chi connectivity index (χ0n) is 10.4. The molecule has 1 aromatic rings. The highest BCUT2D eigenvalue weighted by atomic mass is 35.5. The van der Waals surface area contributed by atoms with Crippen molar-refractivity contribution in [2.45, 2.75) is 26.1 Å². The Hall–Kier alpha value is -1.46. The molecule has 1 rings (SSSR count). The van der Waals surface area contributed by atoms with Gasteiger partial charge in [0.2, 0.25) is 0 Å². The predicted octanol–water partition coefficient (Wildman–Crippen LogP) is 1.93. The van der Waals surface area contributed by atoms with Gasteiger partial charge in [-0.05, 0) is 17.2 Å². The van der Waals surface area contributed by atoms with Gasteiger partial charge in [-0.15, -0.1) is 12.4 Å². The quantitative estimate of drug-likeness (QED) is 0.779. The highest BCUT2D eigenvalue weighted by molar-refractivity contribution is 5.85. The molecule has 4 nitrogen and oxygen atoms in total. The molecular weight excluding hydrogens is 273 g/mol. The number of ketones is 1. The normalized spacial score (nSPS) is 9.58. The van der Waals surface area contributed by atoms with Crippen LogP contribution in [-0.2, 0) is 27.6 Å². The van der Waals surface area contributed by atoms with Crippen LogP contribution < -0.4 is 5.73 Å². The average molecular weight is 290 g/mol. The van der Waals surface area contributed by atoms with Crippen molar-refractivity contribution in [2.75, 3.05) is 6.54 Å². The number of alkyl halides is 1. The van der Waals surface area contributed by atoms with Gasteiger partial charge in [-0.25, -0.2) is 4.39 Å². The molecule has 0 saturated heterocycles. The summed E-state index contributed by atoms with van der Waals surface area (Å²) in [6.07, 6.45) is 0.124. The van der Waals surface area contributed by atoms with Crippen LogP contribution in [0.1, 0.15) is 24.0 Å². The Balaban J connectivity index is 0.00000324. The van der Waals surface area contributed by atoms with Crippen LogP contribution in [0.25, 0.3) is 0 Å². The summed E-state index contributed by atoms with van der Waals surface area (Å²) in [4.78, 5) is 22.2. The third-order valence-electron chi connectivity index (χ3n) is 2.38. The number of hydrogen-bond donors (Lipinski definition) is 1. The first-order chi connectivity index (χ1) is 8.65. The molecule has 106 valence electrons. The molecule has 0 saturated carbocycles. The van der Waals surface area contributed by atoms with E-state index in [4.69, 9.17) is 10.5 Å². The van der Waals surface area contributed by atoms with Gasteiger partial charge >= 0.3 is 5.97 Å². The van der Waals surface area contributed by atoms with E-state index >= 15 is 0 Å². The lowest BCUT2D eigenvalue weighted by Gasteiger charge is -2.05. The molecule has 0 aromatic heterocycles. The molecule has 6 heteroatoms. The van der Waals surface area contributed by atoms with Gasteiger partial charge in [0.05, 0.1) is 13.0 Å². The maximum Gasteiger partial charge on any atom is 0.306 e. The number of ether oxygens (including phenoxy) is 1. The SMILES string of the molecule is Cl.NCC(=O)CCC(=O)OCc1cccc(CF)c1. The molecule has 0 spiro atoms. The van der Waals surface area contributed by atoms with Crippen molar-refractivity contribution in [1.82, 2.24) is 0 Å². The van der Waals surface area contributed by atoms with E-state index in [9.17, 15) is 14.0 Å². The van der Waals surface area contributed by atoms with E-state index in [2.05, 4.69) is 0 Å². The van der Waals surface area contributed by atoms with Crippen molar-refractivity contribution in [3.8, 4) is 0 Å². The van der Waals surface area contributed by atoms with Gasteiger partial charge in [-0.2, -0.15) is 0 Å². The van der Waals surface area contributed by atoms with E-state index < -0.39 is 12.6 Å². The third kappa shape index (κ3) is 6.88. The number of carbonyl (C=O) groups excluding carboxylic acids is 2. The van der Waals surface area contributed by atoms with Crippen LogP contribution >= 0.6 is 12.4 Å². The van der Waals surface area contributed by atoms with E-state index in [1.165, 1.54) is 0 Å². The maximum absolute atomic E-state index is 12.4. The van der Waals surface area contributed by atoms with Gasteiger partial charge in [-0.1, -0.05) is 18.2 Å². The van der Waals surface area contributed by atoms with Crippen molar-refractivity contribution in [1.29, 1.82) is 0 Å². The lowest BCUT2D eigenvalue weighted by Crippen LogP contribution is -2.15. The summed E-state index contributed by atoms with van der Waals surface area (Å²) >= 11 is 0. The molecule has 2 N–H and O–H groups in total. The third-order valence-corrected chi connectivity index (χ3v) is 2.38. The van der Waals surface area contributed by atoms with Gasteiger partial charge in [0.25, 0.3) is 0 Å². The molecule has 0 heterocycles. The minimum Gasteiger partial charge on any atom is -0.461 e. The molecule has 1 aromatic carbocycles. The highest BCUT2D eigenvalue weighted by Gasteiger charge is 2.07. The molecular formula is C13H17ClFNO3. The molecule has 0 unspecified atom stereocenters.